The van der Waals surface area contributed by atoms with Crippen molar-refractivity contribution < 1.29 is 19.4 Å². The van der Waals surface area contributed by atoms with E-state index in [1.807, 2.05) is 13.8 Å². The molecule has 0 aromatic carbocycles. The van der Waals surface area contributed by atoms with Crippen LogP contribution in [0.4, 0.5) is 0 Å². The standard InChI is InChI=1S/C10H18O4S/c1-3-5-9(11)14-8(10(12)13)7-15-6-4-2/h8H,3-7H2,1-2H3,(H,12,13). The molecule has 88 valence electrons. The molecule has 0 amide bonds. The first-order chi connectivity index (χ1) is 7.11. The normalized spacial score (nSPS) is 12.1. The molecule has 1 N–H and O–H groups in total. The highest BCUT2D eigenvalue weighted by atomic mass is 32.2. The van der Waals surface area contributed by atoms with E-state index in [0.29, 0.717) is 12.2 Å². The summed E-state index contributed by atoms with van der Waals surface area (Å²) in [5.74, 6) is -0.279. The summed E-state index contributed by atoms with van der Waals surface area (Å²) in [7, 11) is 0. The number of aliphatic carboxylic acids is 1. The lowest BCUT2D eigenvalue weighted by molar-refractivity contribution is -0.162. The number of thioether (sulfide) groups is 1. The zero-order chi connectivity index (χ0) is 11.7. The van der Waals surface area contributed by atoms with Crippen LogP contribution in [-0.4, -0.2) is 34.7 Å². The first kappa shape index (κ1) is 14.3. The number of carboxylic acids is 1. The summed E-state index contributed by atoms with van der Waals surface area (Å²) < 4.78 is 4.84. The lowest BCUT2D eigenvalue weighted by Crippen LogP contribution is -2.29. The Morgan fingerprint density at radius 2 is 2.00 bits per heavy atom. The van der Waals surface area contributed by atoms with Crippen molar-refractivity contribution >= 4 is 23.7 Å². The van der Waals surface area contributed by atoms with Crippen molar-refractivity contribution in [2.45, 2.75) is 39.2 Å². The van der Waals surface area contributed by atoms with Crippen LogP contribution < -0.4 is 0 Å². The van der Waals surface area contributed by atoms with E-state index >= 15 is 0 Å². The molecule has 0 rings (SSSR count). The fourth-order valence-corrected chi connectivity index (χ4v) is 1.79. The number of carbonyl (C=O) groups is 2. The molecule has 0 aromatic heterocycles. The predicted octanol–water partition coefficient (Wildman–Crippen LogP) is 1.93. The molecule has 0 aliphatic rings. The summed E-state index contributed by atoms with van der Waals surface area (Å²) in [6.07, 6.45) is 0.940. The van der Waals surface area contributed by atoms with Gasteiger partial charge in [-0.3, -0.25) is 4.79 Å². The number of ether oxygens (including phenoxy) is 1. The zero-order valence-electron chi connectivity index (χ0n) is 9.19. The van der Waals surface area contributed by atoms with Crippen molar-refractivity contribution in [2.75, 3.05) is 11.5 Å². The smallest absolute Gasteiger partial charge is 0.345 e. The van der Waals surface area contributed by atoms with Gasteiger partial charge in [-0.1, -0.05) is 13.8 Å². The summed E-state index contributed by atoms with van der Waals surface area (Å²) in [6.45, 7) is 3.87. The number of carbonyl (C=O) groups excluding carboxylic acids is 1. The zero-order valence-corrected chi connectivity index (χ0v) is 10.0. The number of hydrogen-bond acceptors (Lipinski definition) is 4. The summed E-state index contributed by atoms with van der Waals surface area (Å²) in [6, 6.07) is 0. The van der Waals surface area contributed by atoms with Crippen molar-refractivity contribution in [3.8, 4) is 0 Å². The summed E-state index contributed by atoms with van der Waals surface area (Å²) in [4.78, 5) is 21.8. The molecule has 5 heteroatoms. The Hall–Kier alpha value is -0.710. The van der Waals surface area contributed by atoms with Gasteiger partial charge in [0.1, 0.15) is 0 Å². The van der Waals surface area contributed by atoms with Crippen molar-refractivity contribution in [3.05, 3.63) is 0 Å². The van der Waals surface area contributed by atoms with Crippen LogP contribution in [0.3, 0.4) is 0 Å². The van der Waals surface area contributed by atoms with Crippen molar-refractivity contribution in [1.29, 1.82) is 0 Å². The number of rotatable bonds is 8. The molecule has 0 bridgehead atoms. The first-order valence-electron chi connectivity index (χ1n) is 5.11. The van der Waals surface area contributed by atoms with Gasteiger partial charge in [-0.15, -0.1) is 0 Å². The average molecular weight is 234 g/mol. The summed E-state index contributed by atoms with van der Waals surface area (Å²) >= 11 is 1.49. The second kappa shape index (κ2) is 8.59. The molecule has 1 unspecified atom stereocenters. The second-order valence-corrected chi connectivity index (χ2v) is 4.29. The van der Waals surface area contributed by atoms with Crippen LogP contribution in [0.15, 0.2) is 0 Å². The molecule has 0 fully saturated rings. The van der Waals surface area contributed by atoms with E-state index in [4.69, 9.17) is 9.84 Å². The van der Waals surface area contributed by atoms with E-state index in [1.54, 1.807) is 0 Å². The van der Waals surface area contributed by atoms with Gasteiger partial charge in [0.2, 0.25) is 6.10 Å². The molecular weight excluding hydrogens is 216 g/mol. The lowest BCUT2D eigenvalue weighted by Gasteiger charge is -2.12. The fourth-order valence-electron chi connectivity index (χ4n) is 0.912. The molecule has 0 spiro atoms. The van der Waals surface area contributed by atoms with Gasteiger partial charge in [0.05, 0.1) is 0 Å². The Labute approximate surface area is 94.4 Å². The van der Waals surface area contributed by atoms with Crippen LogP contribution in [0.2, 0.25) is 0 Å². The average Bonchev–Trinajstić information content (AvgIpc) is 2.16. The minimum atomic E-state index is -1.07. The van der Waals surface area contributed by atoms with Gasteiger partial charge < -0.3 is 9.84 Å². The Morgan fingerprint density at radius 3 is 2.47 bits per heavy atom. The van der Waals surface area contributed by atoms with Crippen LogP contribution in [-0.2, 0) is 14.3 Å². The van der Waals surface area contributed by atoms with E-state index in [2.05, 4.69) is 0 Å². The van der Waals surface area contributed by atoms with Crippen molar-refractivity contribution in [2.24, 2.45) is 0 Å². The molecule has 0 saturated carbocycles. The van der Waals surface area contributed by atoms with Gasteiger partial charge in [0, 0.05) is 12.2 Å². The maximum Gasteiger partial charge on any atom is 0.345 e. The molecule has 15 heavy (non-hydrogen) atoms. The van der Waals surface area contributed by atoms with Crippen molar-refractivity contribution in [3.63, 3.8) is 0 Å². The van der Waals surface area contributed by atoms with Crippen LogP contribution in [0.5, 0.6) is 0 Å². The Balaban J connectivity index is 3.93. The molecule has 0 aromatic rings. The third-order valence-corrected chi connectivity index (χ3v) is 2.86. The number of hydrogen-bond donors (Lipinski definition) is 1. The van der Waals surface area contributed by atoms with Crippen LogP contribution >= 0.6 is 11.8 Å². The van der Waals surface area contributed by atoms with E-state index in [1.165, 1.54) is 11.8 Å². The molecule has 0 heterocycles. The van der Waals surface area contributed by atoms with Gasteiger partial charge in [-0.2, -0.15) is 11.8 Å². The molecule has 0 aliphatic carbocycles. The molecule has 1 atom stereocenters. The molecule has 4 nitrogen and oxygen atoms in total. The third kappa shape index (κ3) is 7.25. The van der Waals surface area contributed by atoms with E-state index < -0.39 is 18.0 Å². The quantitative estimate of drug-likeness (QED) is 0.513. The third-order valence-electron chi connectivity index (χ3n) is 1.62. The first-order valence-corrected chi connectivity index (χ1v) is 6.27. The van der Waals surface area contributed by atoms with Gasteiger partial charge in [-0.05, 0) is 18.6 Å². The van der Waals surface area contributed by atoms with Gasteiger partial charge in [0.15, 0.2) is 0 Å². The highest BCUT2D eigenvalue weighted by Crippen LogP contribution is 2.09. The fraction of sp³-hybridized carbons (Fsp3) is 0.800. The molecule has 0 aliphatic heterocycles. The van der Waals surface area contributed by atoms with E-state index in [-0.39, 0.29) is 6.42 Å². The van der Waals surface area contributed by atoms with E-state index in [0.717, 1.165) is 12.2 Å². The van der Waals surface area contributed by atoms with Crippen LogP contribution in [0, 0.1) is 0 Å². The molecule has 0 radical (unpaired) electrons. The Bertz CT molecular complexity index is 206. The highest BCUT2D eigenvalue weighted by molar-refractivity contribution is 7.99. The molecule has 0 saturated heterocycles. The Morgan fingerprint density at radius 1 is 1.33 bits per heavy atom. The minimum absolute atomic E-state index is 0.280. The largest absolute Gasteiger partial charge is 0.478 e. The minimum Gasteiger partial charge on any atom is -0.478 e. The van der Waals surface area contributed by atoms with E-state index in [9.17, 15) is 9.59 Å². The second-order valence-electron chi connectivity index (χ2n) is 3.14. The van der Waals surface area contributed by atoms with Crippen molar-refractivity contribution in [1.82, 2.24) is 0 Å². The van der Waals surface area contributed by atoms with Crippen LogP contribution in [0.25, 0.3) is 0 Å². The maximum atomic E-state index is 11.1. The lowest BCUT2D eigenvalue weighted by atomic mass is 10.3. The monoisotopic (exact) mass is 234 g/mol. The van der Waals surface area contributed by atoms with Gasteiger partial charge >= 0.3 is 11.9 Å². The predicted molar refractivity (Wildman–Crippen MR) is 60.0 cm³/mol. The molecular formula is C10H18O4S. The summed E-state index contributed by atoms with van der Waals surface area (Å²) in [5.41, 5.74) is 0. The number of esters is 1. The van der Waals surface area contributed by atoms with Gasteiger partial charge in [-0.25, -0.2) is 4.79 Å². The SMILES string of the molecule is CCCSCC(OC(=O)CCC)C(=O)O. The van der Waals surface area contributed by atoms with Crippen LogP contribution in [0.1, 0.15) is 33.1 Å². The topological polar surface area (TPSA) is 63.6 Å². The summed E-state index contributed by atoms with van der Waals surface area (Å²) in [5, 5.41) is 8.80. The van der Waals surface area contributed by atoms with Gasteiger partial charge in [0.25, 0.3) is 0 Å². The number of carboxylic acid groups (broad SMARTS) is 1. The highest BCUT2D eigenvalue weighted by Gasteiger charge is 2.21. The maximum absolute atomic E-state index is 11.1. The Kier molecular flexibility index (Phi) is 8.18.